The highest BCUT2D eigenvalue weighted by atomic mass is 35.5. The number of benzene rings is 2. The van der Waals surface area contributed by atoms with E-state index in [1.165, 1.54) is 11.1 Å². The van der Waals surface area contributed by atoms with Crippen LogP contribution in [0.15, 0.2) is 48.5 Å². The number of carbonyl (C=O) groups is 1. The maximum atomic E-state index is 12.6. The first-order chi connectivity index (χ1) is 10.7. The van der Waals surface area contributed by atoms with Gasteiger partial charge in [-0.2, -0.15) is 5.06 Å². The topological polar surface area (TPSA) is 29.5 Å². The van der Waals surface area contributed by atoms with Crippen LogP contribution in [0.4, 0.5) is 0 Å². The summed E-state index contributed by atoms with van der Waals surface area (Å²) in [6.45, 7) is 3.93. The van der Waals surface area contributed by atoms with Crippen molar-refractivity contribution in [3.8, 4) is 0 Å². The normalized spacial score (nSPS) is 17.7. The van der Waals surface area contributed by atoms with Crippen molar-refractivity contribution in [2.24, 2.45) is 0 Å². The summed E-state index contributed by atoms with van der Waals surface area (Å²) in [7, 11) is 1.72. The molecule has 2 aromatic rings. The van der Waals surface area contributed by atoms with Crippen LogP contribution >= 0.6 is 12.4 Å². The van der Waals surface area contributed by atoms with Gasteiger partial charge in [-0.05, 0) is 29.5 Å². The average Bonchev–Trinajstić information content (AvgIpc) is 2.73. The van der Waals surface area contributed by atoms with Gasteiger partial charge in [0.1, 0.15) is 0 Å². The van der Waals surface area contributed by atoms with Crippen molar-refractivity contribution in [2.45, 2.75) is 19.3 Å². The second-order valence-corrected chi connectivity index (χ2v) is 5.83. The fraction of sp³-hybridized carbons (Fsp3) is 0.316. The second kappa shape index (κ2) is 7.73. The fourth-order valence-corrected chi connectivity index (χ4v) is 3.08. The molecular weight excluding hydrogens is 310 g/mol. The number of hydroxylamine groups is 2. The van der Waals surface area contributed by atoms with Gasteiger partial charge in [-0.15, -0.1) is 12.4 Å². The maximum absolute atomic E-state index is 12.6. The van der Waals surface area contributed by atoms with Crippen molar-refractivity contribution in [1.82, 2.24) is 5.06 Å². The van der Waals surface area contributed by atoms with Crippen LogP contribution in [0.3, 0.4) is 0 Å². The lowest BCUT2D eigenvalue weighted by Crippen LogP contribution is -2.26. The van der Waals surface area contributed by atoms with Crippen LogP contribution < -0.4 is 0 Å². The zero-order valence-electron chi connectivity index (χ0n) is 13.5. The quantitative estimate of drug-likeness (QED) is 0.800. The van der Waals surface area contributed by atoms with Crippen molar-refractivity contribution >= 4 is 18.2 Å². The number of rotatable bonds is 3. The zero-order chi connectivity index (χ0) is 15.5. The third-order valence-electron chi connectivity index (χ3n) is 4.34. The molecule has 0 radical (unpaired) electrons. The molecule has 122 valence electrons. The van der Waals surface area contributed by atoms with E-state index in [9.17, 15) is 4.79 Å². The summed E-state index contributed by atoms with van der Waals surface area (Å²) in [5, 5.41) is 1.99. The molecule has 1 atom stereocenters. The average molecular weight is 332 g/mol. The molecule has 0 fully saturated rings. The second-order valence-electron chi connectivity index (χ2n) is 5.83. The minimum absolute atomic E-state index is 0. The molecule has 0 saturated carbocycles. The summed E-state index contributed by atoms with van der Waals surface area (Å²) in [6, 6.07) is 15.6. The fourth-order valence-electron chi connectivity index (χ4n) is 3.08. The Morgan fingerprint density at radius 3 is 2.57 bits per heavy atom. The number of hydrogen-bond acceptors (Lipinski definition) is 3. The Hall–Kier alpha value is -1.68. The molecule has 1 aliphatic rings. The number of fused-ring (bicyclic) bond motifs is 1. The van der Waals surface area contributed by atoms with E-state index in [1.807, 2.05) is 41.5 Å². The highest BCUT2D eigenvalue weighted by molar-refractivity contribution is 6.09. The minimum Gasteiger partial charge on any atom is -0.302 e. The zero-order valence-corrected chi connectivity index (χ0v) is 14.3. The van der Waals surface area contributed by atoms with Crippen LogP contribution in [0, 0.1) is 0 Å². The molecule has 4 heteroatoms. The Kier molecular flexibility index (Phi) is 5.94. The largest absolute Gasteiger partial charge is 0.302 e. The number of carbonyl (C=O) groups excluding carboxylic acids is 1. The minimum atomic E-state index is 0. The summed E-state index contributed by atoms with van der Waals surface area (Å²) in [5.41, 5.74) is 4.09. The van der Waals surface area contributed by atoms with Crippen molar-refractivity contribution in [3.63, 3.8) is 0 Å². The Balaban J connectivity index is 0.00000192. The summed E-state index contributed by atoms with van der Waals surface area (Å²) >= 11 is 0. The molecule has 2 aromatic carbocycles. The lowest BCUT2D eigenvalue weighted by molar-refractivity contribution is -0.131. The van der Waals surface area contributed by atoms with Gasteiger partial charge in [0, 0.05) is 24.2 Å². The Morgan fingerprint density at radius 2 is 1.87 bits per heavy atom. The Bertz CT molecular complexity index is 672. The molecule has 0 spiro atoms. The third-order valence-corrected chi connectivity index (χ3v) is 4.34. The summed E-state index contributed by atoms with van der Waals surface area (Å²) < 4.78 is 0. The standard InChI is InChI=1S/C19H21NO2.ClH/c1-14-13-20(22-2)11-10-15-8-9-17(12-18(14)15)19(21)16-6-4-3-5-7-16;/h3-9,12,14H,10-11,13H2,1-2H3;1H/t14-;/m1./s1. The molecule has 1 heterocycles. The van der Waals surface area contributed by atoms with Gasteiger partial charge in [-0.1, -0.05) is 49.4 Å². The van der Waals surface area contributed by atoms with Crippen LogP contribution in [0.25, 0.3) is 0 Å². The Labute approximate surface area is 143 Å². The predicted molar refractivity (Wildman–Crippen MR) is 94.3 cm³/mol. The smallest absolute Gasteiger partial charge is 0.193 e. The van der Waals surface area contributed by atoms with E-state index in [2.05, 4.69) is 19.1 Å². The van der Waals surface area contributed by atoms with E-state index in [0.29, 0.717) is 5.92 Å². The van der Waals surface area contributed by atoms with Crippen LogP contribution in [-0.4, -0.2) is 31.0 Å². The molecule has 1 aliphatic heterocycles. The van der Waals surface area contributed by atoms with E-state index in [1.54, 1.807) is 7.11 Å². The van der Waals surface area contributed by atoms with Gasteiger partial charge in [0.05, 0.1) is 7.11 Å². The summed E-state index contributed by atoms with van der Waals surface area (Å²) in [6.07, 6.45) is 0.952. The highest BCUT2D eigenvalue weighted by Gasteiger charge is 2.21. The van der Waals surface area contributed by atoms with Gasteiger partial charge in [-0.3, -0.25) is 4.79 Å². The SMILES string of the molecule is CON1CCc2ccc(C(=O)c3ccccc3)cc2[C@H](C)C1.Cl. The van der Waals surface area contributed by atoms with Crippen LogP contribution in [-0.2, 0) is 11.3 Å². The molecule has 3 rings (SSSR count). The molecule has 0 aromatic heterocycles. The predicted octanol–water partition coefficient (Wildman–Crippen LogP) is 3.86. The van der Waals surface area contributed by atoms with E-state index in [-0.39, 0.29) is 18.2 Å². The number of ketones is 1. The van der Waals surface area contributed by atoms with E-state index < -0.39 is 0 Å². The highest BCUT2D eigenvalue weighted by Crippen LogP contribution is 2.27. The van der Waals surface area contributed by atoms with Crippen LogP contribution in [0.5, 0.6) is 0 Å². The van der Waals surface area contributed by atoms with Gasteiger partial charge in [0.2, 0.25) is 0 Å². The van der Waals surface area contributed by atoms with Gasteiger partial charge in [-0.25, -0.2) is 0 Å². The van der Waals surface area contributed by atoms with Crippen LogP contribution in [0.1, 0.15) is 39.9 Å². The lowest BCUT2D eigenvalue weighted by atomic mass is 9.91. The number of halogens is 1. The number of nitrogens with zero attached hydrogens (tertiary/aromatic N) is 1. The molecule has 0 amide bonds. The molecule has 0 bridgehead atoms. The van der Waals surface area contributed by atoms with Gasteiger partial charge in [0.25, 0.3) is 0 Å². The molecule has 0 unspecified atom stereocenters. The van der Waals surface area contributed by atoms with E-state index in [4.69, 9.17) is 4.84 Å². The molecule has 0 N–H and O–H groups in total. The Morgan fingerprint density at radius 1 is 1.13 bits per heavy atom. The van der Waals surface area contributed by atoms with E-state index in [0.717, 1.165) is 30.6 Å². The first-order valence-corrected chi connectivity index (χ1v) is 7.70. The summed E-state index contributed by atoms with van der Waals surface area (Å²) in [4.78, 5) is 18.0. The van der Waals surface area contributed by atoms with Gasteiger partial charge >= 0.3 is 0 Å². The first kappa shape index (κ1) is 17.7. The first-order valence-electron chi connectivity index (χ1n) is 7.70. The maximum Gasteiger partial charge on any atom is 0.193 e. The van der Waals surface area contributed by atoms with Crippen molar-refractivity contribution < 1.29 is 9.63 Å². The van der Waals surface area contributed by atoms with Crippen LogP contribution in [0.2, 0.25) is 0 Å². The molecule has 0 aliphatic carbocycles. The van der Waals surface area contributed by atoms with Crippen molar-refractivity contribution in [3.05, 3.63) is 70.8 Å². The van der Waals surface area contributed by atoms with E-state index >= 15 is 0 Å². The molecule has 0 saturated heterocycles. The van der Waals surface area contributed by atoms with Crippen molar-refractivity contribution in [1.29, 1.82) is 0 Å². The summed E-state index contributed by atoms with van der Waals surface area (Å²) in [5.74, 6) is 0.435. The molecular formula is C19H22ClNO2. The number of hydrogen-bond donors (Lipinski definition) is 0. The third kappa shape index (κ3) is 3.81. The van der Waals surface area contributed by atoms with Crippen molar-refractivity contribution in [2.75, 3.05) is 20.2 Å². The molecule has 23 heavy (non-hydrogen) atoms. The monoisotopic (exact) mass is 331 g/mol. The van der Waals surface area contributed by atoms with Gasteiger partial charge < -0.3 is 4.84 Å². The van der Waals surface area contributed by atoms with Gasteiger partial charge in [0.15, 0.2) is 5.78 Å². The molecule has 3 nitrogen and oxygen atoms in total. The lowest BCUT2D eigenvalue weighted by Gasteiger charge is -2.19.